The lowest BCUT2D eigenvalue weighted by atomic mass is 10.1. The van der Waals surface area contributed by atoms with Crippen molar-refractivity contribution >= 4 is 18.3 Å². The minimum Gasteiger partial charge on any atom is -0.367 e. The number of anilines is 1. The number of thiol groups is 1. The van der Waals surface area contributed by atoms with E-state index in [1.54, 1.807) is 0 Å². The molecule has 1 aromatic heterocycles. The fourth-order valence-corrected chi connectivity index (χ4v) is 2.45. The Hall–Kier alpha value is -1.49. The van der Waals surface area contributed by atoms with Gasteiger partial charge in [-0.2, -0.15) is 0 Å². The molecule has 2 aromatic rings. The number of benzene rings is 1. The smallest absolute Gasteiger partial charge is 0.165 e. The van der Waals surface area contributed by atoms with E-state index in [2.05, 4.69) is 60.2 Å². The molecule has 102 valence electrons. The van der Waals surface area contributed by atoms with E-state index in [9.17, 15) is 0 Å². The molecule has 0 spiro atoms. The third kappa shape index (κ3) is 2.76. The van der Waals surface area contributed by atoms with Gasteiger partial charge in [0.1, 0.15) is 11.2 Å². The molecular weight excluding hydrogens is 256 g/mol. The first-order valence-corrected chi connectivity index (χ1v) is 6.95. The zero-order valence-corrected chi connectivity index (χ0v) is 12.7. The van der Waals surface area contributed by atoms with Gasteiger partial charge in [0.15, 0.2) is 5.82 Å². The van der Waals surface area contributed by atoms with Crippen LogP contribution in [0.1, 0.15) is 35.1 Å². The van der Waals surface area contributed by atoms with Crippen molar-refractivity contribution in [2.24, 2.45) is 7.05 Å². The molecule has 0 fully saturated rings. The maximum Gasteiger partial charge on any atom is 0.165 e. The summed E-state index contributed by atoms with van der Waals surface area (Å²) < 4.78 is 1.95. The highest BCUT2D eigenvalue weighted by Crippen LogP contribution is 2.27. The molecule has 4 nitrogen and oxygen atoms in total. The van der Waals surface area contributed by atoms with Gasteiger partial charge < -0.3 is 9.88 Å². The highest BCUT2D eigenvalue weighted by Gasteiger charge is 2.16. The van der Waals surface area contributed by atoms with Crippen LogP contribution >= 0.6 is 12.6 Å². The molecule has 2 rings (SSSR count). The third-order valence-corrected chi connectivity index (χ3v) is 3.75. The van der Waals surface area contributed by atoms with Crippen LogP contribution in [0.2, 0.25) is 0 Å². The summed E-state index contributed by atoms with van der Waals surface area (Å²) in [6, 6.07) is 6.32. The number of aryl methyl sites for hydroxylation is 3. The molecule has 0 bridgehead atoms. The van der Waals surface area contributed by atoms with Crippen LogP contribution in [0, 0.1) is 13.8 Å². The van der Waals surface area contributed by atoms with E-state index in [1.807, 2.05) is 18.5 Å². The van der Waals surface area contributed by atoms with Crippen molar-refractivity contribution in [1.82, 2.24) is 14.8 Å². The average Bonchev–Trinajstić information content (AvgIpc) is 2.72. The molecular formula is C14H20N4S. The molecule has 1 N–H and O–H groups in total. The summed E-state index contributed by atoms with van der Waals surface area (Å²) in [4.78, 5) is 0. The number of hydrogen-bond acceptors (Lipinski definition) is 4. The summed E-state index contributed by atoms with van der Waals surface area (Å²) in [7, 11) is 1.95. The van der Waals surface area contributed by atoms with Crippen LogP contribution in [-0.4, -0.2) is 14.8 Å². The van der Waals surface area contributed by atoms with Crippen LogP contribution in [-0.2, 0) is 13.5 Å². The molecule has 1 heterocycles. The Morgan fingerprint density at radius 1 is 1.32 bits per heavy atom. The second-order valence-electron chi connectivity index (χ2n) is 4.67. The second-order valence-corrected chi connectivity index (χ2v) is 5.19. The normalized spacial score (nSPS) is 12.5. The van der Waals surface area contributed by atoms with Gasteiger partial charge in [0.05, 0.1) is 0 Å². The van der Waals surface area contributed by atoms with E-state index < -0.39 is 0 Å². The van der Waals surface area contributed by atoms with Crippen molar-refractivity contribution in [2.75, 3.05) is 5.32 Å². The van der Waals surface area contributed by atoms with Crippen molar-refractivity contribution in [3.8, 4) is 0 Å². The van der Waals surface area contributed by atoms with Crippen molar-refractivity contribution in [1.29, 1.82) is 0 Å². The molecule has 0 aliphatic heterocycles. The maximum absolute atomic E-state index is 4.61. The highest BCUT2D eigenvalue weighted by atomic mass is 32.1. The van der Waals surface area contributed by atoms with Crippen molar-refractivity contribution in [3.05, 3.63) is 41.0 Å². The quantitative estimate of drug-likeness (QED) is 0.666. The summed E-state index contributed by atoms with van der Waals surface area (Å²) in [6.07, 6.45) is 0.988. The molecule has 5 heteroatoms. The van der Waals surface area contributed by atoms with Gasteiger partial charge in [0.25, 0.3) is 0 Å². The van der Waals surface area contributed by atoms with Gasteiger partial charge in [-0.15, -0.1) is 22.8 Å². The van der Waals surface area contributed by atoms with Crippen LogP contribution in [0.15, 0.2) is 18.2 Å². The van der Waals surface area contributed by atoms with Crippen LogP contribution in [0.4, 0.5) is 5.69 Å². The number of nitrogens with one attached hydrogen (secondary N) is 1. The lowest BCUT2D eigenvalue weighted by Crippen LogP contribution is -2.12. The Kier molecular flexibility index (Phi) is 4.14. The van der Waals surface area contributed by atoms with E-state index in [0.717, 1.165) is 23.8 Å². The topological polar surface area (TPSA) is 42.7 Å². The van der Waals surface area contributed by atoms with E-state index >= 15 is 0 Å². The second kappa shape index (κ2) is 5.65. The first-order valence-electron chi connectivity index (χ1n) is 6.43. The fourth-order valence-electron chi connectivity index (χ4n) is 2.09. The minimum absolute atomic E-state index is 0.169. The molecule has 0 aliphatic carbocycles. The Balaban J connectivity index is 2.29. The lowest BCUT2D eigenvalue weighted by molar-refractivity contribution is 0.782. The summed E-state index contributed by atoms with van der Waals surface area (Å²) in [5.74, 6) is 1.71. The van der Waals surface area contributed by atoms with E-state index in [-0.39, 0.29) is 5.37 Å². The zero-order chi connectivity index (χ0) is 14.0. The van der Waals surface area contributed by atoms with Crippen molar-refractivity contribution < 1.29 is 0 Å². The third-order valence-electron chi connectivity index (χ3n) is 3.39. The van der Waals surface area contributed by atoms with Crippen molar-refractivity contribution in [2.45, 2.75) is 32.6 Å². The van der Waals surface area contributed by atoms with Crippen LogP contribution in [0.3, 0.4) is 0 Å². The largest absolute Gasteiger partial charge is 0.367 e. The molecule has 1 aromatic carbocycles. The van der Waals surface area contributed by atoms with Gasteiger partial charge >= 0.3 is 0 Å². The molecule has 0 radical (unpaired) electrons. The first-order chi connectivity index (χ1) is 9.04. The number of aromatic nitrogens is 3. The van der Waals surface area contributed by atoms with Gasteiger partial charge in [0, 0.05) is 12.7 Å². The first kappa shape index (κ1) is 13.9. The van der Waals surface area contributed by atoms with Crippen molar-refractivity contribution in [3.63, 3.8) is 0 Å². The lowest BCUT2D eigenvalue weighted by Gasteiger charge is -2.18. The predicted octanol–water partition coefficient (Wildman–Crippen LogP) is 3.03. The van der Waals surface area contributed by atoms with E-state index in [0.29, 0.717) is 0 Å². The van der Waals surface area contributed by atoms with Gasteiger partial charge in [-0.05, 0) is 31.4 Å². The van der Waals surface area contributed by atoms with Gasteiger partial charge in [0.2, 0.25) is 0 Å². The molecule has 0 amide bonds. The Morgan fingerprint density at radius 3 is 2.63 bits per heavy atom. The van der Waals surface area contributed by atoms with Gasteiger partial charge in [-0.25, -0.2) is 0 Å². The van der Waals surface area contributed by atoms with Gasteiger partial charge in [-0.1, -0.05) is 25.1 Å². The maximum atomic E-state index is 4.61. The Labute approximate surface area is 119 Å². The number of para-hydroxylation sites is 1. The molecule has 0 saturated heterocycles. The summed E-state index contributed by atoms with van der Waals surface area (Å²) in [5.41, 5.74) is 3.65. The monoisotopic (exact) mass is 276 g/mol. The Morgan fingerprint density at radius 2 is 2.05 bits per heavy atom. The SMILES string of the molecule is CCc1cccc(C)c1NC(S)c1nnc(C)n1C. The summed E-state index contributed by atoms with van der Waals surface area (Å²) in [6.45, 7) is 6.19. The highest BCUT2D eigenvalue weighted by molar-refractivity contribution is 7.80. The number of hydrogen-bond donors (Lipinski definition) is 2. The van der Waals surface area contributed by atoms with Crippen LogP contribution in [0.25, 0.3) is 0 Å². The average molecular weight is 276 g/mol. The standard InChI is InChI=1S/C14H20N4S/c1-5-11-8-6-7-9(2)12(11)15-14(19)13-17-16-10(3)18(13)4/h6-8,14-15,19H,5H2,1-4H3. The zero-order valence-electron chi connectivity index (χ0n) is 11.8. The molecule has 0 aliphatic rings. The molecule has 19 heavy (non-hydrogen) atoms. The summed E-state index contributed by atoms with van der Waals surface area (Å²) in [5, 5.41) is 11.5. The van der Waals surface area contributed by atoms with Crippen LogP contribution in [0.5, 0.6) is 0 Å². The van der Waals surface area contributed by atoms with E-state index in [4.69, 9.17) is 0 Å². The fraction of sp³-hybridized carbons (Fsp3) is 0.429. The summed E-state index contributed by atoms with van der Waals surface area (Å²) >= 11 is 4.61. The van der Waals surface area contributed by atoms with Crippen LogP contribution < -0.4 is 5.32 Å². The molecule has 1 unspecified atom stereocenters. The Bertz CT molecular complexity index is 577. The number of rotatable bonds is 4. The molecule has 0 saturated carbocycles. The van der Waals surface area contributed by atoms with E-state index in [1.165, 1.54) is 11.1 Å². The van der Waals surface area contributed by atoms with Gasteiger partial charge in [-0.3, -0.25) is 0 Å². The predicted molar refractivity (Wildman–Crippen MR) is 81.6 cm³/mol. The number of nitrogens with zero attached hydrogens (tertiary/aromatic N) is 3. The molecule has 1 atom stereocenters. The minimum atomic E-state index is -0.169.